The molecule has 1 fully saturated rings. The number of benzene rings is 2. The highest BCUT2D eigenvalue weighted by atomic mass is 16.5. The first-order chi connectivity index (χ1) is 18.5. The molecule has 0 atom stereocenters. The average molecular weight is 522 g/mol. The molecule has 9 nitrogen and oxygen atoms in total. The second-order valence-corrected chi connectivity index (χ2v) is 9.36. The molecular weight excluding hydrogens is 482 g/mol. The number of aliphatic hydroxyl groups is 1. The first-order valence-corrected chi connectivity index (χ1v) is 13.4. The maximum absolute atomic E-state index is 12.5. The first kappa shape index (κ1) is 27.6. The molecule has 1 aliphatic heterocycles. The lowest BCUT2D eigenvalue weighted by Gasteiger charge is -2.34. The summed E-state index contributed by atoms with van der Waals surface area (Å²) < 4.78 is 11.6. The van der Waals surface area contributed by atoms with Crippen LogP contribution in [0.5, 0.6) is 11.5 Å². The van der Waals surface area contributed by atoms with Crippen LogP contribution in [0.25, 0.3) is 10.9 Å². The van der Waals surface area contributed by atoms with Crippen LogP contribution in [0.4, 0.5) is 11.4 Å². The number of rotatable bonds is 12. The van der Waals surface area contributed by atoms with E-state index in [1.54, 1.807) is 0 Å². The number of anilines is 2. The summed E-state index contributed by atoms with van der Waals surface area (Å²) in [4.78, 5) is 21.7. The zero-order valence-electron chi connectivity index (χ0n) is 22.6. The lowest BCUT2D eigenvalue weighted by atomic mass is 10.0. The summed E-state index contributed by atoms with van der Waals surface area (Å²) in [6, 6.07) is 9.97. The molecule has 0 spiro atoms. The van der Waals surface area contributed by atoms with Crippen LogP contribution in [0, 0.1) is 0 Å². The Labute approximate surface area is 224 Å². The molecule has 3 aromatic rings. The van der Waals surface area contributed by atoms with Crippen LogP contribution < -0.4 is 20.5 Å². The number of β-amino-alcohol motifs (C(OH)–C–C–N with tert-alkyl or cyclic N) is 1. The quantitative estimate of drug-likeness (QED) is 0.332. The van der Waals surface area contributed by atoms with Crippen LogP contribution in [0.15, 0.2) is 36.5 Å². The van der Waals surface area contributed by atoms with Gasteiger partial charge in [-0.15, -0.1) is 0 Å². The molecule has 4 N–H and O–H groups in total. The zero-order chi connectivity index (χ0) is 27.1. The molecule has 0 unspecified atom stereocenters. The van der Waals surface area contributed by atoms with E-state index in [0.717, 1.165) is 56.8 Å². The largest absolute Gasteiger partial charge is 0.490 e. The van der Waals surface area contributed by atoms with Crippen molar-refractivity contribution >= 4 is 28.2 Å². The number of carbonyl (C=O) groups excluding carboxylic acids is 1. The fraction of sp³-hybridized carbons (Fsp3) is 0.448. The van der Waals surface area contributed by atoms with Gasteiger partial charge in [0, 0.05) is 62.6 Å². The molecule has 9 heteroatoms. The highest BCUT2D eigenvalue weighted by Gasteiger charge is 2.21. The van der Waals surface area contributed by atoms with Crippen molar-refractivity contribution in [1.29, 1.82) is 0 Å². The van der Waals surface area contributed by atoms with E-state index in [1.165, 1.54) is 17.3 Å². The standard InChI is InChI=1S/C29H39N5O4/c1-4-21-20(19-34-12-10-33(11-13-34)14-15-35)8-7-9-24(21)32-28-22-16-26(37-5-2)27(38-6-3)17-25(22)31-18-23(28)29(30)36/h7-9,16-18,35H,4-6,10-15,19H2,1-3H3,(H2,30,36)(H,31,32). The summed E-state index contributed by atoms with van der Waals surface area (Å²) in [5.41, 5.74) is 10.8. The number of hydrogen-bond donors (Lipinski definition) is 3. The highest BCUT2D eigenvalue weighted by Crippen LogP contribution is 2.38. The second-order valence-electron chi connectivity index (χ2n) is 9.36. The number of pyridine rings is 1. The third kappa shape index (κ3) is 6.18. The number of aromatic nitrogens is 1. The number of carbonyl (C=O) groups is 1. The Morgan fingerprint density at radius 1 is 1.05 bits per heavy atom. The number of nitrogens with one attached hydrogen (secondary N) is 1. The summed E-state index contributed by atoms with van der Waals surface area (Å²) in [7, 11) is 0. The fourth-order valence-electron chi connectivity index (χ4n) is 5.06. The molecule has 1 aromatic heterocycles. The van der Waals surface area contributed by atoms with Crippen molar-refractivity contribution in [1.82, 2.24) is 14.8 Å². The fourth-order valence-corrected chi connectivity index (χ4v) is 5.06. The van der Waals surface area contributed by atoms with Crippen molar-refractivity contribution in [3.8, 4) is 11.5 Å². The number of hydrogen-bond acceptors (Lipinski definition) is 8. The molecule has 0 bridgehead atoms. The van der Waals surface area contributed by atoms with E-state index in [0.29, 0.717) is 41.5 Å². The highest BCUT2D eigenvalue weighted by molar-refractivity contribution is 6.08. The van der Waals surface area contributed by atoms with Gasteiger partial charge in [-0.3, -0.25) is 19.6 Å². The smallest absolute Gasteiger partial charge is 0.252 e. The minimum Gasteiger partial charge on any atom is -0.490 e. The monoisotopic (exact) mass is 521 g/mol. The van der Waals surface area contributed by atoms with Crippen molar-refractivity contribution in [2.24, 2.45) is 5.73 Å². The van der Waals surface area contributed by atoms with E-state index in [4.69, 9.17) is 15.2 Å². The maximum atomic E-state index is 12.5. The Morgan fingerprint density at radius 3 is 2.37 bits per heavy atom. The lowest BCUT2D eigenvalue weighted by Crippen LogP contribution is -2.46. The van der Waals surface area contributed by atoms with Gasteiger partial charge in [-0.2, -0.15) is 0 Å². The van der Waals surface area contributed by atoms with Gasteiger partial charge >= 0.3 is 0 Å². The lowest BCUT2D eigenvalue weighted by molar-refractivity contribution is 0.100. The van der Waals surface area contributed by atoms with Crippen LogP contribution in [-0.4, -0.2) is 78.3 Å². The number of piperazine rings is 1. The average Bonchev–Trinajstić information content (AvgIpc) is 2.91. The summed E-state index contributed by atoms with van der Waals surface area (Å²) >= 11 is 0. The third-order valence-electron chi connectivity index (χ3n) is 6.96. The van der Waals surface area contributed by atoms with Gasteiger partial charge in [0.2, 0.25) is 0 Å². The van der Waals surface area contributed by atoms with Gasteiger partial charge in [-0.05, 0) is 43.5 Å². The number of nitrogens with zero attached hydrogens (tertiary/aromatic N) is 3. The normalized spacial score (nSPS) is 14.5. The summed E-state index contributed by atoms with van der Waals surface area (Å²) in [5.74, 6) is 0.657. The van der Waals surface area contributed by atoms with Crippen LogP contribution in [-0.2, 0) is 13.0 Å². The summed E-state index contributed by atoms with van der Waals surface area (Å²) in [5, 5.41) is 13.5. The Balaban J connectivity index is 1.70. The van der Waals surface area contributed by atoms with Crippen molar-refractivity contribution < 1.29 is 19.4 Å². The molecule has 4 rings (SSSR count). The van der Waals surface area contributed by atoms with Crippen molar-refractivity contribution in [3.63, 3.8) is 0 Å². The summed E-state index contributed by atoms with van der Waals surface area (Å²) in [6.07, 6.45) is 2.35. The van der Waals surface area contributed by atoms with Crippen molar-refractivity contribution in [2.45, 2.75) is 33.7 Å². The van der Waals surface area contributed by atoms with Crippen molar-refractivity contribution in [3.05, 3.63) is 53.2 Å². The Morgan fingerprint density at radius 2 is 1.74 bits per heavy atom. The number of amides is 1. The second kappa shape index (κ2) is 12.9. The van der Waals surface area contributed by atoms with Crippen LogP contribution in [0.2, 0.25) is 0 Å². The minimum atomic E-state index is -0.552. The summed E-state index contributed by atoms with van der Waals surface area (Å²) in [6.45, 7) is 12.6. The van der Waals surface area contributed by atoms with E-state index in [-0.39, 0.29) is 6.61 Å². The number of nitrogens with two attached hydrogens (primary N) is 1. The molecule has 0 aliphatic carbocycles. The van der Waals surface area contributed by atoms with E-state index in [2.05, 4.69) is 33.1 Å². The maximum Gasteiger partial charge on any atom is 0.252 e. The Bertz CT molecular complexity index is 1260. The SMILES string of the molecule is CCOc1cc2ncc(C(N)=O)c(Nc3cccc(CN4CCN(CCO)CC4)c3CC)c2cc1OCC. The number of aliphatic hydroxyl groups excluding tert-OH is 1. The predicted octanol–water partition coefficient (Wildman–Crippen LogP) is 3.55. The van der Waals surface area contributed by atoms with E-state index in [9.17, 15) is 9.90 Å². The van der Waals surface area contributed by atoms with Gasteiger partial charge < -0.3 is 25.6 Å². The topological polar surface area (TPSA) is 113 Å². The van der Waals surface area contributed by atoms with Gasteiger partial charge in [-0.25, -0.2) is 0 Å². The van der Waals surface area contributed by atoms with E-state index < -0.39 is 5.91 Å². The van der Waals surface area contributed by atoms with Crippen LogP contribution >= 0.6 is 0 Å². The first-order valence-electron chi connectivity index (χ1n) is 13.4. The van der Waals surface area contributed by atoms with E-state index in [1.807, 2.05) is 38.1 Å². The molecule has 38 heavy (non-hydrogen) atoms. The molecule has 1 amide bonds. The Kier molecular flexibility index (Phi) is 9.38. The number of ether oxygens (including phenoxy) is 2. The molecule has 2 heterocycles. The van der Waals surface area contributed by atoms with Crippen LogP contribution in [0.3, 0.4) is 0 Å². The van der Waals surface area contributed by atoms with Gasteiger partial charge in [0.25, 0.3) is 5.91 Å². The molecule has 2 aromatic carbocycles. The molecule has 1 saturated heterocycles. The molecule has 1 aliphatic rings. The van der Waals surface area contributed by atoms with Gasteiger partial charge in [0.1, 0.15) is 0 Å². The van der Waals surface area contributed by atoms with E-state index >= 15 is 0 Å². The van der Waals surface area contributed by atoms with Gasteiger partial charge in [-0.1, -0.05) is 19.1 Å². The zero-order valence-corrected chi connectivity index (χ0v) is 22.6. The minimum absolute atomic E-state index is 0.198. The Hall–Kier alpha value is -3.40. The molecular formula is C29H39N5O4. The van der Waals surface area contributed by atoms with Crippen LogP contribution in [0.1, 0.15) is 42.3 Å². The number of primary amides is 1. The number of fused-ring (bicyclic) bond motifs is 1. The predicted molar refractivity (Wildman–Crippen MR) is 151 cm³/mol. The van der Waals surface area contributed by atoms with Gasteiger partial charge in [0.15, 0.2) is 11.5 Å². The molecule has 0 radical (unpaired) electrons. The molecule has 0 saturated carbocycles. The van der Waals surface area contributed by atoms with Crippen molar-refractivity contribution in [2.75, 3.05) is 57.9 Å². The third-order valence-corrected chi connectivity index (χ3v) is 6.96. The van der Waals surface area contributed by atoms with Gasteiger partial charge in [0.05, 0.1) is 36.6 Å². The molecule has 204 valence electrons.